The fraction of sp³-hybridized carbons (Fsp3) is 0.0149. The zero-order valence-electron chi connectivity index (χ0n) is 38.3. The fourth-order valence-corrected chi connectivity index (χ4v) is 12.0. The third kappa shape index (κ3) is 5.88. The summed E-state index contributed by atoms with van der Waals surface area (Å²) in [6, 6.07) is 100. The lowest BCUT2D eigenvalue weighted by molar-refractivity contribution is 0.792. The number of hydrogen-bond acceptors (Lipinski definition) is 2. The van der Waals surface area contributed by atoms with Crippen LogP contribution in [0.15, 0.2) is 273 Å². The van der Waals surface area contributed by atoms with E-state index in [1.54, 1.807) is 0 Å². The van der Waals surface area contributed by atoms with Gasteiger partial charge in [0.25, 0.3) is 0 Å². The first-order chi connectivity index (χ1) is 34.8. The molecule has 12 aromatic rings. The fourth-order valence-electron chi connectivity index (χ4n) is 12.0. The van der Waals surface area contributed by atoms with E-state index in [9.17, 15) is 0 Å². The zero-order valence-corrected chi connectivity index (χ0v) is 38.3. The number of rotatable bonds is 8. The van der Waals surface area contributed by atoms with Crippen molar-refractivity contribution in [2.24, 2.45) is 0 Å². The topological polar surface area (TPSA) is 11.4 Å². The summed E-state index contributed by atoms with van der Waals surface area (Å²) in [6.45, 7) is 0. The maximum atomic E-state index is 2.53. The molecule has 14 rings (SSSR count). The highest BCUT2D eigenvalue weighted by Crippen LogP contribution is 2.67. The van der Waals surface area contributed by atoms with Gasteiger partial charge in [-0.1, -0.05) is 194 Å². The SMILES string of the molecule is c1ccc(-c2ccc(N(c3ccc4c5ccccc5n(-c5ccccc5)c4c3)c3cccc4c3C3(c5ccccc5-c5cccc(N(c6ccccc6)c6ccccc6)c53)c3ccccc3-4)cc2)cc1. The first kappa shape index (κ1) is 39.9. The molecule has 0 saturated carbocycles. The van der Waals surface area contributed by atoms with Crippen LogP contribution in [0.3, 0.4) is 0 Å². The standard InChI is InChI=1S/C67H45N3/c1-5-21-46(22-6-1)47-39-41-51(42-40-47)69(52-43-44-56-55-31-15-18-36-61(55)70(64(56)45-52)50-27-11-4-12-28-50)63-38-20-33-58-54-30-14-17-35-60(54)67(66(58)63)59-34-16-13-29-53(59)57-32-19-37-62(65(57)67)68(48-23-7-2-8-24-48)49-25-9-3-10-26-49/h1-45H. The second-order valence-corrected chi connectivity index (χ2v) is 18.4. The largest absolute Gasteiger partial charge is 0.310 e. The monoisotopic (exact) mass is 891 g/mol. The Morgan fingerprint density at radius 2 is 0.714 bits per heavy atom. The number of hydrogen-bond donors (Lipinski definition) is 0. The van der Waals surface area contributed by atoms with Gasteiger partial charge >= 0.3 is 0 Å². The molecule has 328 valence electrons. The molecule has 0 N–H and O–H groups in total. The number of nitrogens with zero attached hydrogens (tertiary/aromatic N) is 3. The van der Waals surface area contributed by atoms with Gasteiger partial charge in [0.1, 0.15) is 0 Å². The molecule has 2 aliphatic carbocycles. The molecule has 0 saturated heterocycles. The first-order valence-electron chi connectivity index (χ1n) is 24.2. The van der Waals surface area contributed by atoms with E-state index >= 15 is 0 Å². The van der Waals surface area contributed by atoms with Crippen molar-refractivity contribution in [3.05, 3.63) is 295 Å². The highest BCUT2D eigenvalue weighted by atomic mass is 15.2. The molecule has 1 unspecified atom stereocenters. The summed E-state index contributed by atoms with van der Waals surface area (Å²) in [5.41, 5.74) is 21.9. The Morgan fingerprint density at radius 3 is 1.31 bits per heavy atom. The highest BCUT2D eigenvalue weighted by Gasteiger charge is 2.55. The van der Waals surface area contributed by atoms with Gasteiger partial charge in [-0.25, -0.2) is 0 Å². The van der Waals surface area contributed by atoms with Gasteiger partial charge in [0.15, 0.2) is 0 Å². The van der Waals surface area contributed by atoms with Crippen LogP contribution in [0.25, 0.3) is 60.9 Å². The summed E-state index contributed by atoms with van der Waals surface area (Å²) >= 11 is 0. The van der Waals surface area contributed by atoms with E-state index in [0.717, 1.165) is 45.3 Å². The smallest absolute Gasteiger partial charge is 0.0766 e. The van der Waals surface area contributed by atoms with Crippen LogP contribution in [0.1, 0.15) is 22.3 Å². The molecule has 1 spiro atoms. The molecule has 0 bridgehead atoms. The summed E-state index contributed by atoms with van der Waals surface area (Å²) in [5, 5.41) is 2.45. The molecule has 70 heavy (non-hydrogen) atoms. The van der Waals surface area contributed by atoms with E-state index < -0.39 is 5.41 Å². The molecular formula is C67H45N3. The van der Waals surface area contributed by atoms with E-state index in [1.807, 2.05) is 0 Å². The summed E-state index contributed by atoms with van der Waals surface area (Å²) in [4.78, 5) is 5.00. The molecule has 0 fully saturated rings. The normalized spacial score (nSPS) is 14.1. The number of anilines is 6. The number of benzene rings is 11. The van der Waals surface area contributed by atoms with Crippen LogP contribution in [0.5, 0.6) is 0 Å². The Labute approximate surface area is 408 Å². The second-order valence-electron chi connectivity index (χ2n) is 18.4. The molecule has 11 aromatic carbocycles. The first-order valence-corrected chi connectivity index (χ1v) is 24.2. The Morgan fingerprint density at radius 1 is 0.286 bits per heavy atom. The molecule has 1 atom stereocenters. The lowest BCUT2D eigenvalue weighted by Gasteiger charge is -2.38. The second kappa shape index (κ2) is 16.0. The molecule has 0 radical (unpaired) electrons. The van der Waals surface area contributed by atoms with Crippen LogP contribution in [0.4, 0.5) is 34.1 Å². The van der Waals surface area contributed by atoms with E-state index in [2.05, 4.69) is 287 Å². The van der Waals surface area contributed by atoms with E-state index in [1.165, 1.54) is 71.9 Å². The van der Waals surface area contributed by atoms with E-state index in [0.29, 0.717) is 0 Å². The van der Waals surface area contributed by atoms with Gasteiger partial charge in [-0.3, -0.25) is 0 Å². The van der Waals surface area contributed by atoms with Gasteiger partial charge in [-0.15, -0.1) is 0 Å². The zero-order chi connectivity index (χ0) is 46.2. The number of para-hydroxylation sites is 4. The average molecular weight is 892 g/mol. The predicted octanol–water partition coefficient (Wildman–Crippen LogP) is 17.7. The van der Waals surface area contributed by atoms with Gasteiger partial charge in [-0.2, -0.15) is 0 Å². The van der Waals surface area contributed by atoms with Gasteiger partial charge in [0.2, 0.25) is 0 Å². The molecule has 3 nitrogen and oxygen atoms in total. The van der Waals surface area contributed by atoms with Crippen LogP contribution in [-0.2, 0) is 5.41 Å². The van der Waals surface area contributed by atoms with Gasteiger partial charge < -0.3 is 14.4 Å². The Balaban J connectivity index is 1.09. The molecule has 1 heterocycles. The van der Waals surface area contributed by atoms with Crippen LogP contribution < -0.4 is 9.80 Å². The minimum absolute atomic E-state index is 0.710. The Hall–Kier alpha value is -9.18. The van der Waals surface area contributed by atoms with Crippen molar-refractivity contribution in [1.29, 1.82) is 0 Å². The van der Waals surface area contributed by atoms with Crippen molar-refractivity contribution in [3.63, 3.8) is 0 Å². The van der Waals surface area contributed by atoms with Gasteiger partial charge in [0.05, 0.1) is 27.8 Å². The maximum Gasteiger partial charge on any atom is 0.0766 e. The summed E-state index contributed by atoms with van der Waals surface area (Å²) in [5.74, 6) is 0. The Kier molecular flexibility index (Phi) is 9.11. The molecule has 3 heteroatoms. The van der Waals surface area contributed by atoms with E-state index in [-0.39, 0.29) is 0 Å². The van der Waals surface area contributed by atoms with Crippen molar-refractivity contribution >= 4 is 55.9 Å². The summed E-state index contributed by atoms with van der Waals surface area (Å²) in [7, 11) is 0. The summed E-state index contributed by atoms with van der Waals surface area (Å²) < 4.78 is 2.43. The Bertz CT molecular complexity index is 3880. The van der Waals surface area contributed by atoms with Crippen molar-refractivity contribution in [2.75, 3.05) is 9.80 Å². The molecule has 1 aromatic heterocycles. The minimum Gasteiger partial charge on any atom is -0.310 e. The lowest BCUT2D eigenvalue weighted by Crippen LogP contribution is -2.30. The quantitative estimate of drug-likeness (QED) is 0.151. The van der Waals surface area contributed by atoms with Crippen LogP contribution in [-0.4, -0.2) is 4.57 Å². The van der Waals surface area contributed by atoms with Crippen molar-refractivity contribution in [1.82, 2.24) is 4.57 Å². The third-order valence-corrected chi connectivity index (χ3v) is 14.8. The molecule has 2 aliphatic rings. The molecular weight excluding hydrogens is 847 g/mol. The van der Waals surface area contributed by atoms with E-state index in [4.69, 9.17) is 0 Å². The number of fused-ring (bicyclic) bond motifs is 13. The van der Waals surface area contributed by atoms with Gasteiger partial charge in [0, 0.05) is 50.3 Å². The minimum atomic E-state index is -0.710. The van der Waals surface area contributed by atoms with Crippen molar-refractivity contribution in [2.45, 2.75) is 5.41 Å². The summed E-state index contributed by atoms with van der Waals surface area (Å²) in [6.07, 6.45) is 0. The third-order valence-electron chi connectivity index (χ3n) is 14.8. The van der Waals surface area contributed by atoms with Crippen molar-refractivity contribution < 1.29 is 0 Å². The molecule has 0 aliphatic heterocycles. The van der Waals surface area contributed by atoms with Gasteiger partial charge in [-0.05, 0) is 123 Å². The average Bonchev–Trinajstić information content (AvgIpc) is 4.04. The van der Waals surface area contributed by atoms with Crippen molar-refractivity contribution in [3.8, 4) is 39.1 Å². The maximum absolute atomic E-state index is 2.53. The predicted molar refractivity (Wildman–Crippen MR) is 292 cm³/mol. The van der Waals surface area contributed by atoms with Crippen LogP contribution >= 0.6 is 0 Å². The van der Waals surface area contributed by atoms with Crippen LogP contribution in [0.2, 0.25) is 0 Å². The highest BCUT2D eigenvalue weighted by molar-refractivity contribution is 6.11. The lowest BCUT2D eigenvalue weighted by atomic mass is 9.69. The van der Waals surface area contributed by atoms with Crippen LogP contribution in [0, 0.1) is 0 Å². The number of aromatic nitrogens is 1. The molecule has 0 amide bonds.